The number of hydrogen-bond donors (Lipinski definition) is 0. The number of allylic oxidation sites excluding steroid dienone is 1. The molecule has 0 amide bonds. The Kier molecular flexibility index (Phi) is 3.58. The van der Waals surface area contributed by atoms with Crippen LogP contribution in [0, 0.1) is 0 Å². The monoisotopic (exact) mass is 378 g/mol. The van der Waals surface area contributed by atoms with E-state index in [1.807, 2.05) is 30.3 Å². The van der Waals surface area contributed by atoms with Crippen molar-refractivity contribution in [2.24, 2.45) is 0 Å². The highest BCUT2D eigenvalue weighted by atomic mass is 35.5. The van der Waals surface area contributed by atoms with Gasteiger partial charge in [-0.15, -0.1) is 0 Å². The zero-order valence-electron chi connectivity index (χ0n) is 14.5. The number of nitrogens with zero attached hydrogens (tertiary/aromatic N) is 2. The normalized spacial score (nSPS) is 15.0. The smallest absolute Gasteiger partial charge is 0.261 e. The Balaban J connectivity index is 1.67. The average Bonchev–Trinajstić information content (AvgIpc) is 3.25. The maximum Gasteiger partial charge on any atom is 0.261 e. The predicted molar refractivity (Wildman–Crippen MR) is 106 cm³/mol. The number of halogens is 1. The van der Waals surface area contributed by atoms with Gasteiger partial charge in [-0.3, -0.25) is 9.36 Å². The van der Waals surface area contributed by atoms with E-state index in [-0.39, 0.29) is 5.56 Å². The highest BCUT2D eigenvalue weighted by Gasteiger charge is 2.21. The van der Waals surface area contributed by atoms with Gasteiger partial charge in [0.2, 0.25) is 0 Å². The van der Waals surface area contributed by atoms with Crippen LogP contribution in [0.1, 0.15) is 18.0 Å². The van der Waals surface area contributed by atoms with Crippen molar-refractivity contribution in [3.05, 3.63) is 69.4 Å². The molecule has 0 saturated carbocycles. The summed E-state index contributed by atoms with van der Waals surface area (Å²) in [5.41, 5.74) is 2.24. The summed E-state index contributed by atoms with van der Waals surface area (Å²) in [5, 5.41) is 2.11. The maximum absolute atomic E-state index is 12.8. The number of methoxy groups -OCH3 is 1. The van der Waals surface area contributed by atoms with E-state index in [0.717, 1.165) is 17.4 Å². The summed E-state index contributed by atoms with van der Waals surface area (Å²) in [6.07, 6.45) is 2.67. The van der Waals surface area contributed by atoms with Crippen molar-refractivity contribution in [3.63, 3.8) is 0 Å². The van der Waals surface area contributed by atoms with Crippen molar-refractivity contribution in [2.45, 2.75) is 13.0 Å². The van der Waals surface area contributed by atoms with Gasteiger partial charge < -0.3 is 9.15 Å². The molecule has 0 N–H and O–H groups in total. The summed E-state index contributed by atoms with van der Waals surface area (Å²) in [6, 6.07) is 12.9. The van der Waals surface area contributed by atoms with Gasteiger partial charge in [0.05, 0.1) is 18.0 Å². The Morgan fingerprint density at radius 1 is 1.26 bits per heavy atom. The zero-order chi connectivity index (χ0) is 18.5. The molecule has 0 spiro atoms. The third-order valence-electron chi connectivity index (χ3n) is 4.87. The SMILES string of the molecule is COc1cccc2cc(/C=C3\CCn4c3nc3cc(Cl)ccc3c4=O)oc12. The molecule has 0 atom stereocenters. The summed E-state index contributed by atoms with van der Waals surface area (Å²) >= 11 is 6.07. The minimum absolute atomic E-state index is 0.0404. The van der Waals surface area contributed by atoms with Gasteiger partial charge in [-0.05, 0) is 42.8 Å². The Morgan fingerprint density at radius 3 is 3.00 bits per heavy atom. The fraction of sp³-hybridized carbons (Fsp3) is 0.143. The summed E-state index contributed by atoms with van der Waals surface area (Å²) in [7, 11) is 1.62. The quantitative estimate of drug-likeness (QED) is 0.505. The van der Waals surface area contributed by atoms with E-state index in [2.05, 4.69) is 4.98 Å². The summed E-state index contributed by atoms with van der Waals surface area (Å²) in [4.78, 5) is 17.5. The molecule has 5 nitrogen and oxygen atoms in total. The molecule has 0 bridgehead atoms. The lowest BCUT2D eigenvalue weighted by atomic mass is 10.1. The molecule has 0 unspecified atom stereocenters. The van der Waals surface area contributed by atoms with Crippen LogP contribution in [0.3, 0.4) is 0 Å². The Hall–Kier alpha value is -3.05. The molecule has 1 aliphatic heterocycles. The first kappa shape index (κ1) is 16.1. The van der Waals surface area contributed by atoms with Gasteiger partial charge in [0.1, 0.15) is 11.6 Å². The molecule has 2 aromatic carbocycles. The van der Waals surface area contributed by atoms with Crippen LogP contribution in [0.15, 0.2) is 51.7 Å². The van der Waals surface area contributed by atoms with Crippen LogP contribution in [0.4, 0.5) is 0 Å². The van der Waals surface area contributed by atoms with Crippen LogP contribution in [0.25, 0.3) is 33.5 Å². The molecule has 1 aliphatic rings. The number of para-hydroxylation sites is 1. The fourth-order valence-electron chi connectivity index (χ4n) is 3.59. The van der Waals surface area contributed by atoms with Crippen LogP contribution >= 0.6 is 11.6 Å². The van der Waals surface area contributed by atoms with Gasteiger partial charge in [0.15, 0.2) is 11.3 Å². The number of benzene rings is 2. The Labute approximate surface area is 159 Å². The van der Waals surface area contributed by atoms with Crippen molar-refractivity contribution in [1.29, 1.82) is 0 Å². The minimum Gasteiger partial charge on any atom is -0.493 e. The van der Waals surface area contributed by atoms with Crippen LogP contribution < -0.4 is 10.3 Å². The van der Waals surface area contributed by atoms with Gasteiger partial charge in [-0.1, -0.05) is 23.7 Å². The number of rotatable bonds is 2. The predicted octanol–water partition coefficient (Wildman–Crippen LogP) is 4.75. The van der Waals surface area contributed by atoms with Crippen molar-refractivity contribution in [2.75, 3.05) is 7.11 Å². The second-order valence-electron chi connectivity index (χ2n) is 6.50. The number of ether oxygens (including phenoxy) is 1. The van der Waals surface area contributed by atoms with Crippen molar-refractivity contribution in [1.82, 2.24) is 9.55 Å². The lowest BCUT2D eigenvalue weighted by Gasteiger charge is -2.05. The number of furan rings is 1. The zero-order valence-corrected chi connectivity index (χ0v) is 15.3. The molecule has 0 saturated heterocycles. The molecule has 134 valence electrons. The highest BCUT2D eigenvalue weighted by Crippen LogP contribution is 2.32. The van der Waals surface area contributed by atoms with E-state index in [9.17, 15) is 4.79 Å². The van der Waals surface area contributed by atoms with Crippen LogP contribution in [0.2, 0.25) is 5.02 Å². The van der Waals surface area contributed by atoms with Crippen molar-refractivity contribution in [3.8, 4) is 5.75 Å². The van der Waals surface area contributed by atoms with Crippen molar-refractivity contribution >= 4 is 45.1 Å². The third-order valence-corrected chi connectivity index (χ3v) is 5.11. The molecule has 0 fully saturated rings. The molecule has 27 heavy (non-hydrogen) atoms. The summed E-state index contributed by atoms with van der Waals surface area (Å²) < 4.78 is 13.0. The topological polar surface area (TPSA) is 57.3 Å². The lowest BCUT2D eigenvalue weighted by Crippen LogP contribution is -2.20. The molecule has 0 radical (unpaired) electrons. The molecule has 5 rings (SSSR count). The molecular weight excluding hydrogens is 364 g/mol. The number of aromatic nitrogens is 2. The van der Waals surface area contributed by atoms with Crippen LogP contribution in [0.5, 0.6) is 5.75 Å². The lowest BCUT2D eigenvalue weighted by molar-refractivity contribution is 0.410. The van der Waals surface area contributed by atoms with Gasteiger partial charge in [-0.2, -0.15) is 0 Å². The van der Waals surface area contributed by atoms with E-state index in [1.165, 1.54) is 0 Å². The standard InChI is InChI=1S/C21H15ClN2O3/c1-26-18-4-2-3-12-9-15(27-19(12)18)10-13-7-8-24-20(13)23-17-11-14(22)5-6-16(17)21(24)25/h2-6,9-11H,7-8H2,1H3/b13-10+. The van der Waals surface area contributed by atoms with Crippen molar-refractivity contribution < 1.29 is 9.15 Å². The van der Waals surface area contributed by atoms with Gasteiger partial charge >= 0.3 is 0 Å². The van der Waals surface area contributed by atoms with E-state index < -0.39 is 0 Å². The summed E-state index contributed by atoms with van der Waals surface area (Å²) in [6.45, 7) is 0.606. The molecule has 6 heteroatoms. The second-order valence-corrected chi connectivity index (χ2v) is 6.94. The number of fused-ring (bicyclic) bond motifs is 3. The average molecular weight is 379 g/mol. The van der Waals surface area contributed by atoms with Crippen LogP contribution in [-0.2, 0) is 6.54 Å². The van der Waals surface area contributed by atoms with Gasteiger partial charge in [0, 0.05) is 22.5 Å². The van der Waals surface area contributed by atoms with E-state index in [4.69, 9.17) is 20.8 Å². The fourth-order valence-corrected chi connectivity index (χ4v) is 3.75. The first-order chi connectivity index (χ1) is 13.1. The number of hydrogen-bond acceptors (Lipinski definition) is 4. The molecule has 2 aromatic heterocycles. The Bertz CT molecular complexity index is 1300. The van der Waals surface area contributed by atoms with Crippen LogP contribution in [-0.4, -0.2) is 16.7 Å². The van der Waals surface area contributed by atoms with E-state index >= 15 is 0 Å². The Morgan fingerprint density at radius 2 is 2.15 bits per heavy atom. The van der Waals surface area contributed by atoms with E-state index in [0.29, 0.717) is 45.4 Å². The largest absolute Gasteiger partial charge is 0.493 e. The first-order valence-corrected chi connectivity index (χ1v) is 8.99. The highest BCUT2D eigenvalue weighted by molar-refractivity contribution is 6.31. The molecule has 3 heterocycles. The maximum atomic E-state index is 12.8. The molecular formula is C21H15ClN2O3. The second kappa shape index (κ2) is 5.99. The molecule has 4 aromatic rings. The van der Waals surface area contributed by atoms with Gasteiger partial charge in [0.25, 0.3) is 5.56 Å². The summed E-state index contributed by atoms with van der Waals surface area (Å²) in [5.74, 6) is 2.07. The molecule has 0 aliphatic carbocycles. The third kappa shape index (κ3) is 2.54. The minimum atomic E-state index is -0.0404. The van der Waals surface area contributed by atoms with Gasteiger partial charge in [-0.25, -0.2) is 4.98 Å². The first-order valence-electron chi connectivity index (χ1n) is 8.61. The van der Waals surface area contributed by atoms with E-state index in [1.54, 1.807) is 29.9 Å².